The number of phenols is 1. The molecular weight excluding hydrogens is 352 g/mol. The first-order chi connectivity index (χ1) is 12.5. The molecular formula is C20H22O7. The van der Waals surface area contributed by atoms with Crippen molar-refractivity contribution in [2.45, 2.75) is 64.4 Å². The monoisotopic (exact) mass is 374 g/mol. The Morgan fingerprint density at radius 3 is 2.59 bits per heavy atom. The van der Waals surface area contributed by atoms with E-state index in [2.05, 4.69) is 0 Å². The van der Waals surface area contributed by atoms with Gasteiger partial charge < -0.3 is 23.7 Å². The molecule has 0 aliphatic carbocycles. The summed E-state index contributed by atoms with van der Waals surface area (Å²) in [6.45, 7) is 8.77. The van der Waals surface area contributed by atoms with Crippen LogP contribution in [0, 0.1) is 6.92 Å². The van der Waals surface area contributed by atoms with Crippen LogP contribution in [0.5, 0.6) is 11.5 Å². The SMILES string of the molecule is Cc1cc(=O)c2c(O)c3c(cc2o1)OC(C)(C)[C@H](OC(=O)[C@@]1(C)O[C@@H]1C)C3. The number of aromatic hydroxyl groups is 1. The van der Waals surface area contributed by atoms with Gasteiger partial charge in [-0.15, -0.1) is 0 Å². The fraction of sp³-hybridized carbons (Fsp3) is 0.500. The summed E-state index contributed by atoms with van der Waals surface area (Å²) in [5.41, 5.74) is -1.43. The summed E-state index contributed by atoms with van der Waals surface area (Å²) in [4.78, 5) is 24.8. The molecule has 2 aromatic rings. The predicted molar refractivity (Wildman–Crippen MR) is 96.1 cm³/mol. The molecule has 1 N–H and O–H groups in total. The predicted octanol–water partition coefficient (Wildman–Crippen LogP) is 2.61. The number of hydrogen-bond donors (Lipinski definition) is 1. The molecule has 7 nitrogen and oxygen atoms in total. The van der Waals surface area contributed by atoms with Gasteiger partial charge in [-0.25, -0.2) is 4.79 Å². The molecule has 3 atom stereocenters. The second-order valence-electron chi connectivity index (χ2n) is 7.97. The summed E-state index contributed by atoms with van der Waals surface area (Å²) >= 11 is 0. The third-order valence-electron chi connectivity index (χ3n) is 5.51. The van der Waals surface area contributed by atoms with Crippen LogP contribution < -0.4 is 10.2 Å². The molecule has 1 aromatic carbocycles. The Bertz CT molecular complexity index is 1020. The van der Waals surface area contributed by atoms with Crippen molar-refractivity contribution in [3.63, 3.8) is 0 Å². The molecule has 0 radical (unpaired) electrons. The number of aryl methyl sites for hydroxylation is 1. The van der Waals surface area contributed by atoms with Crippen molar-refractivity contribution in [3.8, 4) is 11.5 Å². The van der Waals surface area contributed by atoms with Crippen molar-refractivity contribution in [2.24, 2.45) is 0 Å². The fourth-order valence-electron chi connectivity index (χ4n) is 3.49. The summed E-state index contributed by atoms with van der Waals surface area (Å²) in [5.74, 6) is 0.194. The van der Waals surface area contributed by atoms with E-state index < -0.39 is 23.3 Å². The quantitative estimate of drug-likeness (QED) is 0.637. The Labute approximate surface area is 155 Å². The number of fused-ring (bicyclic) bond motifs is 2. The normalized spacial score (nSPS) is 28.3. The van der Waals surface area contributed by atoms with Crippen molar-refractivity contribution in [1.82, 2.24) is 0 Å². The number of esters is 1. The zero-order valence-corrected chi connectivity index (χ0v) is 15.9. The minimum absolute atomic E-state index is 0.0962. The van der Waals surface area contributed by atoms with Gasteiger partial charge in [0.25, 0.3) is 0 Å². The van der Waals surface area contributed by atoms with E-state index in [1.165, 1.54) is 6.07 Å². The van der Waals surface area contributed by atoms with Gasteiger partial charge in [-0.3, -0.25) is 4.79 Å². The fourth-order valence-corrected chi connectivity index (χ4v) is 3.49. The minimum atomic E-state index is -0.944. The van der Waals surface area contributed by atoms with Crippen LogP contribution in [0.4, 0.5) is 0 Å². The first-order valence-corrected chi connectivity index (χ1v) is 8.90. The number of rotatable bonds is 2. The zero-order chi connectivity index (χ0) is 19.7. The Morgan fingerprint density at radius 1 is 1.30 bits per heavy atom. The van der Waals surface area contributed by atoms with Gasteiger partial charge in [-0.1, -0.05) is 0 Å². The lowest BCUT2D eigenvalue weighted by atomic mass is 9.89. The summed E-state index contributed by atoms with van der Waals surface area (Å²) in [6.07, 6.45) is -0.630. The molecule has 4 rings (SSSR count). The zero-order valence-electron chi connectivity index (χ0n) is 15.9. The van der Waals surface area contributed by atoms with Gasteiger partial charge in [-0.05, 0) is 34.6 Å². The highest BCUT2D eigenvalue weighted by molar-refractivity contribution is 5.87. The van der Waals surface area contributed by atoms with Crippen molar-refractivity contribution in [3.05, 3.63) is 33.7 Å². The third kappa shape index (κ3) is 2.68. The van der Waals surface area contributed by atoms with Crippen LogP contribution >= 0.6 is 0 Å². The Kier molecular flexibility index (Phi) is 3.63. The first-order valence-electron chi connectivity index (χ1n) is 8.90. The van der Waals surface area contributed by atoms with E-state index in [9.17, 15) is 14.7 Å². The highest BCUT2D eigenvalue weighted by Gasteiger charge is 2.58. The number of carbonyl (C=O) groups is 1. The summed E-state index contributed by atoms with van der Waals surface area (Å²) < 4.78 is 22.6. The van der Waals surface area contributed by atoms with Gasteiger partial charge in [0.05, 0.1) is 6.10 Å². The number of carbonyl (C=O) groups excluding carboxylic acids is 1. The van der Waals surface area contributed by atoms with Crippen molar-refractivity contribution < 1.29 is 28.5 Å². The highest BCUT2D eigenvalue weighted by atomic mass is 16.7. The minimum Gasteiger partial charge on any atom is -0.507 e. The van der Waals surface area contributed by atoms with Gasteiger partial charge in [0.15, 0.2) is 11.0 Å². The highest BCUT2D eigenvalue weighted by Crippen LogP contribution is 2.44. The molecule has 144 valence electrons. The maximum Gasteiger partial charge on any atom is 0.341 e. The van der Waals surface area contributed by atoms with E-state index in [4.69, 9.17) is 18.6 Å². The lowest BCUT2D eigenvalue weighted by Gasteiger charge is -2.39. The molecule has 3 heterocycles. The van der Waals surface area contributed by atoms with Crippen LogP contribution in [0.2, 0.25) is 0 Å². The lowest BCUT2D eigenvalue weighted by molar-refractivity contribution is -0.166. The van der Waals surface area contributed by atoms with E-state index in [1.807, 2.05) is 0 Å². The smallest absolute Gasteiger partial charge is 0.341 e. The number of benzene rings is 1. The van der Waals surface area contributed by atoms with Crippen LogP contribution in [0.3, 0.4) is 0 Å². The third-order valence-corrected chi connectivity index (χ3v) is 5.51. The van der Waals surface area contributed by atoms with Gasteiger partial charge in [0.1, 0.15) is 39.9 Å². The topological polar surface area (TPSA) is 98.5 Å². The Hall–Kier alpha value is -2.54. The lowest BCUT2D eigenvalue weighted by Crippen LogP contribution is -2.50. The molecule has 0 unspecified atom stereocenters. The molecule has 0 spiro atoms. The van der Waals surface area contributed by atoms with Gasteiger partial charge in [-0.2, -0.15) is 0 Å². The summed E-state index contributed by atoms with van der Waals surface area (Å²) in [5, 5.41) is 10.8. The standard InChI is InChI=1S/C20H22O7/c1-9-6-12(21)16-14(24-9)8-13-11(17(16)22)7-15(19(3,4)27-13)25-18(23)20(5)10(2)26-20/h6,8,10,15,22H,7H2,1-5H3/t10-,15-,20+/m1/s1. The average molecular weight is 374 g/mol. The number of ether oxygens (including phenoxy) is 3. The van der Waals surface area contributed by atoms with Crippen LogP contribution in [-0.2, 0) is 20.7 Å². The van der Waals surface area contributed by atoms with Crippen molar-refractivity contribution in [1.29, 1.82) is 0 Å². The molecule has 2 aliphatic rings. The molecule has 2 aliphatic heterocycles. The van der Waals surface area contributed by atoms with Crippen LogP contribution in [-0.4, -0.2) is 34.5 Å². The Morgan fingerprint density at radius 2 is 1.96 bits per heavy atom. The first kappa shape index (κ1) is 17.9. The second kappa shape index (κ2) is 5.48. The Balaban J connectivity index is 1.75. The average Bonchev–Trinajstić information content (AvgIpc) is 3.16. The van der Waals surface area contributed by atoms with Crippen molar-refractivity contribution in [2.75, 3.05) is 0 Å². The maximum absolute atomic E-state index is 12.5. The molecule has 1 fully saturated rings. The summed E-state index contributed by atoms with van der Waals surface area (Å²) in [6, 6.07) is 2.93. The molecule has 1 aromatic heterocycles. The molecule has 7 heteroatoms. The number of epoxide rings is 1. The van der Waals surface area contributed by atoms with Crippen LogP contribution in [0.25, 0.3) is 11.0 Å². The molecule has 27 heavy (non-hydrogen) atoms. The van der Waals surface area contributed by atoms with E-state index >= 15 is 0 Å². The van der Waals surface area contributed by atoms with E-state index in [1.54, 1.807) is 40.7 Å². The van der Waals surface area contributed by atoms with E-state index in [0.717, 1.165) is 0 Å². The van der Waals surface area contributed by atoms with Gasteiger partial charge in [0, 0.05) is 24.1 Å². The molecule has 0 saturated carbocycles. The molecule has 1 saturated heterocycles. The number of hydrogen-bond acceptors (Lipinski definition) is 7. The van der Waals surface area contributed by atoms with E-state index in [-0.39, 0.29) is 34.7 Å². The van der Waals surface area contributed by atoms with Gasteiger partial charge >= 0.3 is 5.97 Å². The van der Waals surface area contributed by atoms with Gasteiger partial charge in [0.2, 0.25) is 0 Å². The maximum atomic E-state index is 12.5. The van der Waals surface area contributed by atoms with Crippen LogP contribution in [0.1, 0.15) is 39.0 Å². The second-order valence-corrected chi connectivity index (χ2v) is 7.97. The molecule has 0 amide bonds. The molecule has 0 bridgehead atoms. The largest absolute Gasteiger partial charge is 0.507 e. The van der Waals surface area contributed by atoms with E-state index in [0.29, 0.717) is 17.1 Å². The van der Waals surface area contributed by atoms with Crippen molar-refractivity contribution >= 4 is 16.9 Å². The van der Waals surface area contributed by atoms with Crippen LogP contribution in [0.15, 0.2) is 21.3 Å². The summed E-state index contributed by atoms with van der Waals surface area (Å²) in [7, 11) is 0. The number of phenolic OH excluding ortho intramolecular Hbond substituents is 1.